The topological polar surface area (TPSA) is 46.4 Å². The second kappa shape index (κ2) is 6.50. The van der Waals surface area contributed by atoms with Crippen molar-refractivity contribution in [2.45, 2.75) is 18.4 Å². The lowest BCUT2D eigenvalue weighted by Crippen LogP contribution is -2.35. The predicted octanol–water partition coefficient (Wildman–Crippen LogP) is 5.07. The monoisotopic (exact) mass is 387 g/mol. The quantitative estimate of drug-likeness (QED) is 0.531. The van der Waals surface area contributed by atoms with Crippen LogP contribution in [0.4, 0.5) is 0 Å². The molecule has 138 valence electrons. The number of carbonyl (C=O) groups excluding carboxylic acids is 1. The van der Waals surface area contributed by atoms with Crippen molar-refractivity contribution in [1.29, 1.82) is 0 Å². The molecule has 28 heavy (non-hydrogen) atoms. The molecule has 0 atom stereocenters. The van der Waals surface area contributed by atoms with Crippen molar-refractivity contribution in [3.63, 3.8) is 0 Å². The zero-order valence-electron chi connectivity index (χ0n) is 15.1. The van der Waals surface area contributed by atoms with Crippen molar-refractivity contribution in [1.82, 2.24) is 14.7 Å². The number of benzene rings is 2. The Morgan fingerprint density at radius 1 is 1.00 bits per heavy atom. The average molecular weight is 388 g/mol. The highest BCUT2D eigenvalue weighted by Crippen LogP contribution is 2.45. The first-order valence-electron chi connectivity index (χ1n) is 9.27. The molecule has 0 unspecified atom stereocenters. The zero-order chi connectivity index (χ0) is 19.1. The molecule has 0 radical (unpaired) electrons. The molecule has 0 spiro atoms. The summed E-state index contributed by atoms with van der Waals surface area (Å²) in [6.07, 6.45) is 3.74. The number of hydrogen-bond donors (Lipinski definition) is 1. The van der Waals surface area contributed by atoms with Gasteiger partial charge in [-0.2, -0.15) is 0 Å². The molecule has 1 fully saturated rings. The standard InChI is InChI=1S/C23H18ClN3O/c24-18-10-6-7-16(15-18)20-19-11-4-5-14-27(19)21(25-20)22(28)26-23(12-13-23)17-8-2-1-3-9-17/h1-11,14-15H,12-13H2,(H,26,28). The number of hydrogen-bond acceptors (Lipinski definition) is 2. The van der Waals surface area contributed by atoms with Gasteiger partial charge in [-0.3, -0.25) is 9.20 Å². The van der Waals surface area contributed by atoms with Gasteiger partial charge in [0, 0.05) is 16.8 Å². The second-order valence-electron chi connectivity index (χ2n) is 7.15. The van der Waals surface area contributed by atoms with Crippen LogP contribution in [0.2, 0.25) is 5.02 Å². The van der Waals surface area contributed by atoms with Crippen molar-refractivity contribution >= 4 is 23.0 Å². The van der Waals surface area contributed by atoms with E-state index in [0.29, 0.717) is 10.8 Å². The van der Waals surface area contributed by atoms with Crippen LogP contribution in [0.15, 0.2) is 79.0 Å². The Morgan fingerprint density at radius 3 is 2.54 bits per heavy atom. The van der Waals surface area contributed by atoms with E-state index in [9.17, 15) is 4.79 Å². The summed E-state index contributed by atoms with van der Waals surface area (Å²) < 4.78 is 1.84. The van der Waals surface area contributed by atoms with E-state index >= 15 is 0 Å². The maximum Gasteiger partial charge on any atom is 0.288 e. The first kappa shape index (κ1) is 17.0. The van der Waals surface area contributed by atoms with Crippen LogP contribution in [0.3, 0.4) is 0 Å². The lowest BCUT2D eigenvalue weighted by Gasteiger charge is -2.17. The normalized spacial score (nSPS) is 14.8. The smallest absolute Gasteiger partial charge is 0.288 e. The molecule has 1 aliphatic carbocycles. The third kappa shape index (κ3) is 2.86. The number of aromatic nitrogens is 2. The Kier molecular flexibility index (Phi) is 3.95. The van der Waals surface area contributed by atoms with Gasteiger partial charge in [0.25, 0.3) is 5.91 Å². The van der Waals surface area contributed by atoms with Crippen molar-refractivity contribution in [2.75, 3.05) is 0 Å². The van der Waals surface area contributed by atoms with Gasteiger partial charge in [-0.15, -0.1) is 0 Å². The Labute approximate surface area is 167 Å². The highest BCUT2D eigenvalue weighted by atomic mass is 35.5. The molecule has 2 heterocycles. The molecule has 5 rings (SSSR count). The highest BCUT2D eigenvalue weighted by molar-refractivity contribution is 6.30. The summed E-state index contributed by atoms with van der Waals surface area (Å²) >= 11 is 6.16. The molecule has 1 aliphatic rings. The number of nitrogens with one attached hydrogen (secondary N) is 1. The molecule has 4 aromatic rings. The maximum atomic E-state index is 13.2. The lowest BCUT2D eigenvalue weighted by atomic mass is 10.1. The minimum absolute atomic E-state index is 0.171. The van der Waals surface area contributed by atoms with Crippen LogP contribution in [0, 0.1) is 0 Å². The fourth-order valence-corrected chi connectivity index (χ4v) is 3.88. The minimum atomic E-state index is -0.283. The zero-order valence-corrected chi connectivity index (χ0v) is 15.9. The van der Waals surface area contributed by atoms with Crippen LogP contribution in [-0.2, 0) is 5.54 Å². The van der Waals surface area contributed by atoms with Gasteiger partial charge < -0.3 is 5.32 Å². The number of imidazole rings is 1. The van der Waals surface area contributed by atoms with Gasteiger partial charge in [0.05, 0.1) is 16.7 Å². The fourth-order valence-electron chi connectivity index (χ4n) is 3.69. The van der Waals surface area contributed by atoms with E-state index in [1.54, 1.807) is 0 Å². The van der Waals surface area contributed by atoms with Crippen molar-refractivity contribution in [3.05, 3.63) is 95.4 Å². The highest BCUT2D eigenvalue weighted by Gasteiger charge is 2.46. The van der Waals surface area contributed by atoms with E-state index in [4.69, 9.17) is 16.6 Å². The van der Waals surface area contributed by atoms with Gasteiger partial charge >= 0.3 is 0 Å². The summed E-state index contributed by atoms with van der Waals surface area (Å²) in [6, 6.07) is 23.5. The van der Waals surface area contributed by atoms with E-state index in [1.807, 2.05) is 71.3 Å². The van der Waals surface area contributed by atoms with Gasteiger partial charge in [0.2, 0.25) is 5.82 Å². The molecule has 0 bridgehead atoms. The third-order valence-electron chi connectivity index (χ3n) is 5.28. The minimum Gasteiger partial charge on any atom is -0.340 e. The van der Waals surface area contributed by atoms with Gasteiger partial charge in [0.15, 0.2) is 0 Å². The summed E-state index contributed by atoms with van der Waals surface area (Å²) in [4.78, 5) is 17.9. The van der Waals surface area contributed by atoms with E-state index < -0.39 is 0 Å². The molecule has 2 aromatic carbocycles. The van der Waals surface area contributed by atoms with Crippen molar-refractivity contribution < 1.29 is 4.79 Å². The van der Waals surface area contributed by atoms with Crippen LogP contribution in [-0.4, -0.2) is 15.3 Å². The van der Waals surface area contributed by atoms with Crippen molar-refractivity contribution in [2.24, 2.45) is 0 Å². The van der Waals surface area contributed by atoms with Crippen LogP contribution in [0.1, 0.15) is 29.0 Å². The first-order chi connectivity index (χ1) is 13.7. The summed E-state index contributed by atoms with van der Waals surface area (Å²) in [6.45, 7) is 0. The largest absolute Gasteiger partial charge is 0.340 e. The number of fused-ring (bicyclic) bond motifs is 1. The van der Waals surface area contributed by atoms with E-state index in [0.717, 1.165) is 35.2 Å². The summed E-state index contributed by atoms with van der Waals surface area (Å²) in [5, 5.41) is 3.86. The van der Waals surface area contributed by atoms with Crippen molar-refractivity contribution in [3.8, 4) is 11.3 Å². The molecule has 2 aromatic heterocycles. The first-order valence-corrected chi connectivity index (χ1v) is 9.65. The Bertz CT molecular complexity index is 1180. The Balaban J connectivity index is 1.56. The van der Waals surface area contributed by atoms with Crippen LogP contribution >= 0.6 is 11.6 Å². The number of amides is 1. The van der Waals surface area contributed by atoms with E-state index in [-0.39, 0.29) is 11.4 Å². The van der Waals surface area contributed by atoms with E-state index in [2.05, 4.69) is 17.4 Å². The molecule has 0 aliphatic heterocycles. The van der Waals surface area contributed by atoms with Gasteiger partial charge in [0.1, 0.15) is 0 Å². The summed E-state index contributed by atoms with van der Waals surface area (Å²) in [7, 11) is 0. The molecular formula is C23H18ClN3O. The number of rotatable bonds is 4. The van der Waals surface area contributed by atoms with Crippen LogP contribution in [0.25, 0.3) is 16.8 Å². The summed E-state index contributed by atoms with van der Waals surface area (Å²) in [5.41, 5.74) is 3.37. The molecular weight excluding hydrogens is 370 g/mol. The SMILES string of the molecule is O=C(NC1(c2ccccc2)CC1)c1nc(-c2cccc(Cl)c2)c2ccccn12. The molecule has 1 N–H and O–H groups in total. The maximum absolute atomic E-state index is 13.2. The Morgan fingerprint density at radius 2 is 1.79 bits per heavy atom. The lowest BCUT2D eigenvalue weighted by molar-refractivity contribution is 0.0919. The van der Waals surface area contributed by atoms with Crippen LogP contribution < -0.4 is 5.32 Å². The molecule has 1 saturated carbocycles. The van der Waals surface area contributed by atoms with E-state index in [1.165, 1.54) is 0 Å². The molecule has 5 heteroatoms. The van der Waals surface area contributed by atoms with Gasteiger partial charge in [-0.1, -0.05) is 60.1 Å². The fraction of sp³-hybridized carbons (Fsp3) is 0.130. The molecule has 1 amide bonds. The summed E-state index contributed by atoms with van der Waals surface area (Å²) in [5.74, 6) is 0.212. The molecule has 4 nitrogen and oxygen atoms in total. The second-order valence-corrected chi connectivity index (χ2v) is 7.59. The average Bonchev–Trinajstić information content (AvgIpc) is 3.40. The Hall–Kier alpha value is -3.11. The number of pyridine rings is 1. The number of carbonyl (C=O) groups is 1. The number of nitrogens with zero attached hydrogens (tertiary/aromatic N) is 2. The third-order valence-corrected chi connectivity index (χ3v) is 5.51. The number of halogens is 1. The van der Waals surface area contributed by atoms with Gasteiger partial charge in [-0.05, 0) is 42.7 Å². The predicted molar refractivity (Wildman–Crippen MR) is 110 cm³/mol. The molecule has 0 saturated heterocycles. The van der Waals surface area contributed by atoms with Gasteiger partial charge in [-0.25, -0.2) is 4.98 Å². The van der Waals surface area contributed by atoms with Crippen LogP contribution in [0.5, 0.6) is 0 Å².